The normalized spacial score (nSPS) is 18.2. The number of rotatable bonds is 7. The van der Waals surface area contributed by atoms with Crippen LogP contribution in [0, 0.1) is 0 Å². The molecule has 1 fully saturated rings. The fourth-order valence-corrected chi connectivity index (χ4v) is 4.59. The predicted molar refractivity (Wildman–Crippen MR) is 103 cm³/mol. The highest BCUT2D eigenvalue weighted by molar-refractivity contribution is 7.92. The molecule has 0 amide bonds. The quantitative estimate of drug-likeness (QED) is 0.789. The Morgan fingerprint density at radius 3 is 2.65 bits per heavy atom. The van der Waals surface area contributed by atoms with Gasteiger partial charge in [-0.05, 0) is 67.2 Å². The van der Waals surface area contributed by atoms with Crippen LogP contribution in [-0.2, 0) is 16.7 Å². The van der Waals surface area contributed by atoms with Gasteiger partial charge >= 0.3 is 0 Å². The average molecular weight is 376 g/mol. The molecule has 0 radical (unpaired) electrons. The van der Waals surface area contributed by atoms with E-state index in [-0.39, 0.29) is 4.90 Å². The summed E-state index contributed by atoms with van der Waals surface area (Å²) in [6.07, 6.45) is 2.30. The number of sulfonamides is 1. The van der Waals surface area contributed by atoms with Crippen LogP contribution >= 0.6 is 0 Å². The number of likely N-dealkylation sites (tertiary alicyclic amines) is 1. The topological polar surface area (TPSA) is 49.4 Å². The van der Waals surface area contributed by atoms with E-state index < -0.39 is 16.7 Å². The van der Waals surface area contributed by atoms with Crippen LogP contribution in [0.4, 0.5) is 10.1 Å². The van der Waals surface area contributed by atoms with Gasteiger partial charge in [-0.3, -0.25) is 4.72 Å². The Hall–Kier alpha value is -1.92. The lowest BCUT2D eigenvalue weighted by atomic mass is 9.98. The van der Waals surface area contributed by atoms with Crippen molar-refractivity contribution in [1.29, 1.82) is 0 Å². The Bertz CT molecular complexity index is 837. The van der Waals surface area contributed by atoms with E-state index in [9.17, 15) is 12.8 Å². The van der Waals surface area contributed by atoms with E-state index in [0.717, 1.165) is 32.5 Å². The van der Waals surface area contributed by atoms with Gasteiger partial charge < -0.3 is 4.90 Å². The molecule has 1 unspecified atom stereocenters. The molecule has 0 spiro atoms. The van der Waals surface area contributed by atoms with E-state index in [2.05, 4.69) is 16.5 Å². The first-order chi connectivity index (χ1) is 12.5. The Kier molecular flexibility index (Phi) is 5.94. The molecule has 1 N–H and O–H groups in total. The van der Waals surface area contributed by atoms with E-state index in [1.165, 1.54) is 17.7 Å². The lowest BCUT2D eigenvalue weighted by Gasteiger charge is -2.15. The number of nitrogens with zero attached hydrogens (tertiary/aromatic N) is 1. The maximum atomic E-state index is 12.8. The van der Waals surface area contributed by atoms with E-state index in [4.69, 9.17) is 0 Å². The Morgan fingerprint density at radius 1 is 1.19 bits per heavy atom. The fraction of sp³-hybridized carbons (Fsp3) is 0.400. The third kappa shape index (κ3) is 4.43. The molecule has 0 aromatic heterocycles. The summed E-state index contributed by atoms with van der Waals surface area (Å²) < 4.78 is 40.3. The summed E-state index contributed by atoms with van der Waals surface area (Å²) in [5, 5.41) is 0. The summed E-state index contributed by atoms with van der Waals surface area (Å²) >= 11 is 0. The van der Waals surface area contributed by atoms with Crippen molar-refractivity contribution in [2.75, 3.05) is 24.4 Å². The van der Waals surface area contributed by atoms with Gasteiger partial charge in [-0.1, -0.05) is 31.2 Å². The predicted octanol–water partition coefficient (Wildman–Crippen LogP) is 4.16. The molecule has 2 aromatic carbocycles. The Balaban J connectivity index is 1.69. The molecule has 4 nitrogen and oxygen atoms in total. The van der Waals surface area contributed by atoms with E-state index in [1.54, 1.807) is 24.3 Å². The number of hydrogen-bond acceptors (Lipinski definition) is 3. The van der Waals surface area contributed by atoms with Crippen molar-refractivity contribution in [2.24, 2.45) is 0 Å². The van der Waals surface area contributed by atoms with Gasteiger partial charge in [-0.2, -0.15) is 0 Å². The molecule has 0 bridgehead atoms. The molecule has 0 aliphatic carbocycles. The molecule has 1 atom stereocenters. The third-order valence-corrected chi connectivity index (χ3v) is 6.19. The van der Waals surface area contributed by atoms with Crippen LogP contribution in [0.3, 0.4) is 0 Å². The zero-order chi connectivity index (χ0) is 18.6. The smallest absolute Gasteiger partial charge is 0.261 e. The number of hydrogen-bond donors (Lipinski definition) is 1. The van der Waals surface area contributed by atoms with Crippen molar-refractivity contribution in [1.82, 2.24) is 4.90 Å². The molecule has 1 aliphatic heterocycles. The van der Waals surface area contributed by atoms with Crippen LogP contribution < -0.4 is 4.72 Å². The van der Waals surface area contributed by atoms with Crippen LogP contribution in [0.2, 0.25) is 0 Å². The minimum absolute atomic E-state index is 0.0720. The molecule has 3 rings (SSSR count). The fourth-order valence-electron chi connectivity index (χ4n) is 3.46. The summed E-state index contributed by atoms with van der Waals surface area (Å²) in [5.41, 5.74) is 2.11. The van der Waals surface area contributed by atoms with Crippen molar-refractivity contribution in [3.8, 4) is 0 Å². The van der Waals surface area contributed by atoms with E-state index in [0.29, 0.717) is 17.2 Å². The third-order valence-electron chi connectivity index (χ3n) is 4.81. The van der Waals surface area contributed by atoms with Gasteiger partial charge in [-0.25, -0.2) is 12.8 Å². The SMILES string of the molecule is CCCN1CCC(c2ccc(NS(=O)(=O)c3cccc(CF)c3)cc2)C1. The molecule has 1 saturated heterocycles. The van der Waals surface area contributed by atoms with Gasteiger partial charge in [0.25, 0.3) is 10.0 Å². The van der Waals surface area contributed by atoms with Gasteiger partial charge in [0.2, 0.25) is 0 Å². The molecular formula is C20H25FN2O2S. The second kappa shape index (κ2) is 8.18. The highest BCUT2D eigenvalue weighted by Gasteiger charge is 2.23. The standard InChI is InChI=1S/C20H25FN2O2S/c1-2-11-23-12-10-18(15-23)17-6-8-19(9-7-17)22-26(24,25)20-5-3-4-16(13-20)14-21/h3-9,13,18,22H,2,10-12,14-15H2,1H3. The molecule has 1 aliphatic rings. The van der Waals surface area contributed by atoms with Crippen molar-refractivity contribution >= 4 is 15.7 Å². The maximum absolute atomic E-state index is 12.8. The molecule has 140 valence electrons. The highest BCUT2D eigenvalue weighted by Crippen LogP contribution is 2.28. The second-order valence-corrected chi connectivity index (χ2v) is 8.48. The largest absolute Gasteiger partial charge is 0.303 e. The Labute approximate surface area is 155 Å². The van der Waals surface area contributed by atoms with Gasteiger partial charge in [0.15, 0.2) is 0 Å². The van der Waals surface area contributed by atoms with Crippen LogP contribution in [0.1, 0.15) is 36.8 Å². The number of benzene rings is 2. The lowest BCUT2D eigenvalue weighted by Crippen LogP contribution is -2.20. The van der Waals surface area contributed by atoms with Gasteiger partial charge in [0.1, 0.15) is 6.67 Å². The average Bonchev–Trinajstić information content (AvgIpc) is 3.11. The first-order valence-electron chi connectivity index (χ1n) is 9.02. The number of halogens is 1. The highest BCUT2D eigenvalue weighted by atomic mass is 32.2. The summed E-state index contributed by atoms with van der Waals surface area (Å²) in [6.45, 7) is 4.82. The Morgan fingerprint density at radius 2 is 1.96 bits per heavy atom. The van der Waals surface area contributed by atoms with Crippen LogP contribution in [0.5, 0.6) is 0 Å². The first-order valence-corrected chi connectivity index (χ1v) is 10.5. The summed E-state index contributed by atoms with van der Waals surface area (Å²) in [6, 6.07) is 13.5. The van der Waals surface area contributed by atoms with Crippen molar-refractivity contribution < 1.29 is 12.8 Å². The molecule has 2 aromatic rings. The van der Waals surface area contributed by atoms with Gasteiger partial charge in [0.05, 0.1) is 4.90 Å². The lowest BCUT2D eigenvalue weighted by molar-refractivity contribution is 0.335. The molecule has 6 heteroatoms. The van der Waals surface area contributed by atoms with Crippen molar-refractivity contribution in [2.45, 2.75) is 37.3 Å². The summed E-state index contributed by atoms with van der Waals surface area (Å²) in [5.74, 6) is 0.508. The second-order valence-electron chi connectivity index (χ2n) is 6.79. The van der Waals surface area contributed by atoms with Crippen LogP contribution in [0.25, 0.3) is 0 Å². The molecule has 0 saturated carbocycles. The van der Waals surface area contributed by atoms with Crippen LogP contribution in [0.15, 0.2) is 53.4 Å². The minimum atomic E-state index is -3.72. The zero-order valence-corrected chi connectivity index (χ0v) is 15.8. The summed E-state index contributed by atoms with van der Waals surface area (Å²) in [4.78, 5) is 2.54. The van der Waals surface area contributed by atoms with E-state index in [1.807, 2.05) is 12.1 Å². The van der Waals surface area contributed by atoms with Crippen LogP contribution in [-0.4, -0.2) is 33.0 Å². The molecule has 1 heterocycles. The van der Waals surface area contributed by atoms with Crippen molar-refractivity contribution in [3.63, 3.8) is 0 Å². The van der Waals surface area contributed by atoms with Crippen molar-refractivity contribution in [3.05, 3.63) is 59.7 Å². The zero-order valence-electron chi connectivity index (χ0n) is 15.0. The summed E-state index contributed by atoms with van der Waals surface area (Å²) in [7, 11) is -3.72. The number of anilines is 1. The van der Waals surface area contributed by atoms with E-state index >= 15 is 0 Å². The van der Waals surface area contributed by atoms with Gasteiger partial charge in [-0.15, -0.1) is 0 Å². The molecular weight excluding hydrogens is 351 g/mol. The monoisotopic (exact) mass is 376 g/mol. The molecule has 26 heavy (non-hydrogen) atoms. The first kappa shape index (κ1) is 18.9. The number of nitrogens with one attached hydrogen (secondary N) is 1. The maximum Gasteiger partial charge on any atom is 0.261 e. The minimum Gasteiger partial charge on any atom is -0.303 e. The van der Waals surface area contributed by atoms with Gasteiger partial charge in [0, 0.05) is 12.2 Å². The number of alkyl halides is 1.